The molecule has 0 unspecified atom stereocenters. The number of anilines is 1. The van der Waals surface area contributed by atoms with Gasteiger partial charge in [-0.2, -0.15) is 0 Å². The fourth-order valence-corrected chi connectivity index (χ4v) is 4.04. The zero-order chi connectivity index (χ0) is 17.9. The highest BCUT2D eigenvalue weighted by atomic mass is 32.1. The molecule has 6 heteroatoms. The number of aryl methyl sites for hydroxylation is 1. The van der Waals surface area contributed by atoms with Crippen molar-refractivity contribution in [2.24, 2.45) is 5.92 Å². The van der Waals surface area contributed by atoms with Gasteiger partial charge in [-0.25, -0.2) is 4.98 Å². The second-order valence-electron chi connectivity index (χ2n) is 6.52. The molecule has 1 amide bonds. The third kappa shape index (κ3) is 3.65. The third-order valence-corrected chi connectivity index (χ3v) is 5.55. The van der Waals surface area contributed by atoms with Crippen LogP contribution in [0.3, 0.4) is 0 Å². The first-order chi connectivity index (χ1) is 12.7. The van der Waals surface area contributed by atoms with Gasteiger partial charge in [-0.1, -0.05) is 35.6 Å². The molecule has 1 aromatic heterocycles. The Balaban J connectivity index is 1.23. The second-order valence-corrected chi connectivity index (χ2v) is 7.53. The van der Waals surface area contributed by atoms with Crippen LogP contribution in [-0.2, 0) is 4.79 Å². The van der Waals surface area contributed by atoms with E-state index in [4.69, 9.17) is 4.74 Å². The van der Waals surface area contributed by atoms with Crippen molar-refractivity contribution >= 4 is 32.6 Å². The maximum Gasteiger partial charge on any atom is 0.226 e. The van der Waals surface area contributed by atoms with E-state index in [1.54, 1.807) is 11.3 Å². The number of amides is 1. The smallest absolute Gasteiger partial charge is 0.226 e. The van der Waals surface area contributed by atoms with E-state index in [1.165, 1.54) is 10.3 Å². The van der Waals surface area contributed by atoms with Gasteiger partial charge in [-0.3, -0.25) is 4.79 Å². The average molecular weight is 367 g/mol. The van der Waals surface area contributed by atoms with Gasteiger partial charge >= 0.3 is 0 Å². The van der Waals surface area contributed by atoms with Gasteiger partial charge in [-0.05, 0) is 36.8 Å². The fraction of sp³-hybridized carbons (Fsp3) is 0.300. The number of rotatable bonds is 6. The highest BCUT2D eigenvalue weighted by molar-refractivity contribution is 7.22. The van der Waals surface area contributed by atoms with E-state index in [2.05, 4.69) is 40.3 Å². The zero-order valence-corrected chi connectivity index (χ0v) is 15.5. The Hall–Kier alpha value is -2.60. The number of hydrogen-bond donors (Lipinski definition) is 1. The SMILES string of the molecule is Cc1ccc2nc(N3CC(C(=O)NCCOc4ccccc4)C3)sc2c1. The van der Waals surface area contributed by atoms with Crippen molar-refractivity contribution in [3.05, 3.63) is 54.1 Å². The van der Waals surface area contributed by atoms with E-state index in [-0.39, 0.29) is 11.8 Å². The molecule has 0 bridgehead atoms. The summed E-state index contributed by atoms with van der Waals surface area (Å²) in [7, 11) is 0. The van der Waals surface area contributed by atoms with Crippen molar-refractivity contribution in [2.75, 3.05) is 31.1 Å². The van der Waals surface area contributed by atoms with Gasteiger partial charge in [-0.15, -0.1) is 0 Å². The molecule has 1 N–H and O–H groups in total. The standard InChI is InChI=1S/C20H21N3O2S/c1-14-7-8-17-18(11-14)26-20(22-17)23-12-15(13-23)19(24)21-9-10-25-16-5-3-2-4-6-16/h2-8,11,15H,9-10,12-13H2,1H3,(H,21,24). The number of para-hydroxylation sites is 1. The van der Waals surface area contributed by atoms with Gasteiger partial charge in [0.15, 0.2) is 5.13 Å². The molecule has 0 radical (unpaired) electrons. The average Bonchev–Trinajstić information content (AvgIpc) is 3.01. The summed E-state index contributed by atoms with van der Waals surface area (Å²) in [6, 6.07) is 15.9. The van der Waals surface area contributed by atoms with E-state index < -0.39 is 0 Å². The molecule has 0 aliphatic carbocycles. The van der Waals surface area contributed by atoms with Gasteiger partial charge in [0.25, 0.3) is 0 Å². The Labute approximate surface area is 156 Å². The molecule has 1 saturated heterocycles. The molecule has 3 aromatic rings. The van der Waals surface area contributed by atoms with Crippen LogP contribution in [0.4, 0.5) is 5.13 Å². The molecule has 2 aromatic carbocycles. The molecule has 26 heavy (non-hydrogen) atoms. The maximum atomic E-state index is 12.2. The van der Waals surface area contributed by atoms with Crippen LogP contribution < -0.4 is 15.0 Å². The molecule has 134 valence electrons. The lowest BCUT2D eigenvalue weighted by Crippen LogP contribution is -2.54. The van der Waals surface area contributed by atoms with Crippen molar-refractivity contribution in [3.63, 3.8) is 0 Å². The largest absolute Gasteiger partial charge is 0.492 e. The lowest BCUT2D eigenvalue weighted by Gasteiger charge is -2.37. The van der Waals surface area contributed by atoms with Crippen molar-refractivity contribution in [2.45, 2.75) is 6.92 Å². The van der Waals surface area contributed by atoms with Crippen molar-refractivity contribution in [3.8, 4) is 5.75 Å². The Morgan fingerprint density at radius 2 is 2.08 bits per heavy atom. The predicted molar refractivity (Wildman–Crippen MR) is 105 cm³/mol. The number of thiazole rings is 1. The summed E-state index contributed by atoms with van der Waals surface area (Å²) in [5.74, 6) is 0.943. The van der Waals surface area contributed by atoms with Crippen LogP contribution in [0.2, 0.25) is 0 Å². The number of benzene rings is 2. The summed E-state index contributed by atoms with van der Waals surface area (Å²) < 4.78 is 6.79. The predicted octanol–water partition coefficient (Wildman–Crippen LogP) is 3.24. The van der Waals surface area contributed by atoms with E-state index in [0.29, 0.717) is 13.2 Å². The molecule has 0 saturated carbocycles. The number of hydrogen-bond acceptors (Lipinski definition) is 5. The lowest BCUT2D eigenvalue weighted by molar-refractivity contribution is -0.125. The second kappa shape index (κ2) is 7.33. The summed E-state index contributed by atoms with van der Waals surface area (Å²) in [5.41, 5.74) is 2.27. The molecule has 1 fully saturated rings. The van der Waals surface area contributed by atoms with E-state index >= 15 is 0 Å². The topological polar surface area (TPSA) is 54.5 Å². The quantitative estimate of drug-likeness (QED) is 0.680. The highest BCUT2D eigenvalue weighted by Crippen LogP contribution is 2.33. The number of nitrogens with one attached hydrogen (secondary N) is 1. The Morgan fingerprint density at radius 3 is 2.88 bits per heavy atom. The molecular formula is C20H21N3O2S. The van der Waals surface area contributed by atoms with Crippen LogP contribution in [0, 0.1) is 12.8 Å². The minimum absolute atomic E-state index is 0.0282. The van der Waals surface area contributed by atoms with Crippen molar-refractivity contribution < 1.29 is 9.53 Å². The first-order valence-electron chi connectivity index (χ1n) is 8.77. The van der Waals surface area contributed by atoms with Crippen LogP contribution in [0.15, 0.2) is 48.5 Å². The van der Waals surface area contributed by atoms with Crippen molar-refractivity contribution in [1.29, 1.82) is 0 Å². The van der Waals surface area contributed by atoms with E-state index in [1.807, 2.05) is 30.3 Å². The fourth-order valence-electron chi connectivity index (χ4n) is 2.96. The first kappa shape index (κ1) is 16.8. The van der Waals surface area contributed by atoms with E-state index in [9.17, 15) is 4.79 Å². The number of carbonyl (C=O) groups excluding carboxylic acids is 1. The molecule has 1 aliphatic rings. The highest BCUT2D eigenvalue weighted by Gasteiger charge is 2.34. The van der Waals surface area contributed by atoms with E-state index in [0.717, 1.165) is 29.5 Å². The maximum absolute atomic E-state index is 12.2. The van der Waals surface area contributed by atoms with Gasteiger partial charge in [0.05, 0.1) is 22.7 Å². The van der Waals surface area contributed by atoms with Crippen molar-refractivity contribution in [1.82, 2.24) is 10.3 Å². The third-order valence-electron chi connectivity index (χ3n) is 4.47. The minimum atomic E-state index is 0.0282. The Bertz CT molecular complexity index is 904. The number of carbonyl (C=O) groups is 1. The van der Waals surface area contributed by atoms with Gasteiger partial charge < -0.3 is 15.0 Å². The monoisotopic (exact) mass is 367 g/mol. The summed E-state index contributed by atoms with van der Waals surface area (Å²) in [6.07, 6.45) is 0. The lowest BCUT2D eigenvalue weighted by atomic mass is 10.0. The number of ether oxygens (including phenoxy) is 1. The zero-order valence-electron chi connectivity index (χ0n) is 14.6. The van der Waals surface area contributed by atoms with Crippen LogP contribution in [0.5, 0.6) is 5.75 Å². The molecule has 2 heterocycles. The minimum Gasteiger partial charge on any atom is -0.492 e. The number of aromatic nitrogens is 1. The van der Waals surface area contributed by atoms with Gasteiger partial charge in [0.1, 0.15) is 12.4 Å². The number of nitrogens with zero attached hydrogens (tertiary/aromatic N) is 2. The molecule has 0 spiro atoms. The Morgan fingerprint density at radius 1 is 1.27 bits per heavy atom. The number of fused-ring (bicyclic) bond motifs is 1. The van der Waals surface area contributed by atoms with Crippen LogP contribution in [-0.4, -0.2) is 37.1 Å². The summed E-state index contributed by atoms with van der Waals surface area (Å²) in [5, 5.41) is 3.96. The van der Waals surface area contributed by atoms with Crippen LogP contribution in [0.1, 0.15) is 5.56 Å². The summed E-state index contributed by atoms with van der Waals surface area (Å²) in [4.78, 5) is 19.1. The molecule has 0 atom stereocenters. The van der Waals surface area contributed by atoms with Crippen LogP contribution in [0.25, 0.3) is 10.2 Å². The molecular weight excluding hydrogens is 346 g/mol. The molecule has 1 aliphatic heterocycles. The normalized spacial score (nSPS) is 14.3. The Kier molecular flexibility index (Phi) is 4.75. The summed E-state index contributed by atoms with van der Waals surface area (Å²) >= 11 is 1.69. The van der Waals surface area contributed by atoms with Crippen LogP contribution >= 0.6 is 11.3 Å². The molecule has 4 rings (SSSR count). The first-order valence-corrected chi connectivity index (χ1v) is 9.58. The van der Waals surface area contributed by atoms with Gasteiger partial charge in [0.2, 0.25) is 5.91 Å². The summed E-state index contributed by atoms with van der Waals surface area (Å²) in [6.45, 7) is 4.53. The molecule has 5 nitrogen and oxygen atoms in total. The van der Waals surface area contributed by atoms with Gasteiger partial charge in [0, 0.05) is 13.1 Å².